The van der Waals surface area contributed by atoms with E-state index < -0.39 is 0 Å². The molecule has 2 nitrogen and oxygen atoms in total. The predicted octanol–water partition coefficient (Wildman–Crippen LogP) is 3.54. The van der Waals surface area contributed by atoms with Crippen LogP contribution >= 0.6 is 0 Å². The molecule has 1 aliphatic carbocycles. The van der Waals surface area contributed by atoms with Gasteiger partial charge >= 0.3 is 0 Å². The van der Waals surface area contributed by atoms with E-state index in [-0.39, 0.29) is 5.54 Å². The second kappa shape index (κ2) is 5.75. The Balaban J connectivity index is 2.11. The Morgan fingerprint density at radius 2 is 2.06 bits per heavy atom. The first-order valence-electron chi connectivity index (χ1n) is 7.04. The fourth-order valence-electron chi connectivity index (χ4n) is 3.01. The zero-order valence-corrected chi connectivity index (χ0v) is 11.6. The van der Waals surface area contributed by atoms with Gasteiger partial charge in [0, 0.05) is 5.54 Å². The van der Waals surface area contributed by atoms with Gasteiger partial charge in [-0.15, -0.1) is 0 Å². The van der Waals surface area contributed by atoms with E-state index in [0.717, 1.165) is 30.9 Å². The zero-order valence-electron chi connectivity index (χ0n) is 11.6. The average molecular weight is 247 g/mol. The van der Waals surface area contributed by atoms with Crippen molar-refractivity contribution in [2.45, 2.75) is 51.0 Å². The summed E-state index contributed by atoms with van der Waals surface area (Å²) >= 11 is 0. The quantitative estimate of drug-likeness (QED) is 0.829. The summed E-state index contributed by atoms with van der Waals surface area (Å²) in [5, 5.41) is 0. The van der Waals surface area contributed by atoms with Crippen LogP contribution in [0.15, 0.2) is 24.3 Å². The molecule has 0 bridgehead atoms. The van der Waals surface area contributed by atoms with Crippen molar-refractivity contribution in [3.63, 3.8) is 0 Å². The number of nitrogens with two attached hydrogens (primary N) is 1. The van der Waals surface area contributed by atoms with Gasteiger partial charge in [0.05, 0.1) is 7.11 Å². The molecule has 0 aromatic heterocycles. The van der Waals surface area contributed by atoms with Gasteiger partial charge in [-0.2, -0.15) is 0 Å². The summed E-state index contributed by atoms with van der Waals surface area (Å²) in [6.45, 7) is 2.34. The second-order valence-electron chi connectivity index (χ2n) is 5.89. The molecule has 100 valence electrons. The Morgan fingerprint density at radius 3 is 2.83 bits per heavy atom. The smallest absolute Gasteiger partial charge is 0.122 e. The highest BCUT2D eigenvalue weighted by Gasteiger charge is 2.29. The molecule has 0 spiro atoms. The van der Waals surface area contributed by atoms with Crippen LogP contribution in [0.4, 0.5) is 0 Å². The molecule has 2 heteroatoms. The average Bonchev–Trinajstić information content (AvgIpc) is 2.52. The van der Waals surface area contributed by atoms with Crippen LogP contribution in [-0.4, -0.2) is 12.6 Å². The Morgan fingerprint density at radius 1 is 1.28 bits per heavy atom. The van der Waals surface area contributed by atoms with Gasteiger partial charge in [0.2, 0.25) is 0 Å². The van der Waals surface area contributed by atoms with Crippen LogP contribution in [0.3, 0.4) is 0 Å². The molecule has 1 saturated carbocycles. The zero-order chi connectivity index (χ0) is 13.0. The second-order valence-corrected chi connectivity index (χ2v) is 5.89. The number of benzene rings is 1. The lowest BCUT2D eigenvalue weighted by Gasteiger charge is -2.29. The molecule has 2 atom stereocenters. The fourth-order valence-corrected chi connectivity index (χ4v) is 3.01. The molecule has 0 amide bonds. The molecule has 1 fully saturated rings. The first-order valence-corrected chi connectivity index (χ1v) is 7.04. The van der Waals surface area contributed by atoms with Gasteiger partial charge in [-0.05, 0) is 43.2 Å². The van der Waals surface area contributed by atoms with Crippen molar-refractivity contribution in [3.05, 3.63) is 29.8 Å². The summed E-state index contributed by atoms with van der Waals surface area (Å²) in [5.41, 5.74) is 7.83. The van der Waals surface area contributed by atoms with Crippen molar-refractivity contribution in [3.8, 4) is 5.75 Å². The standard InChI is InChI=1S/C16H25NO/c1-13-6-5-10-16(17,11-9-13)12-14-7-3-4-8-15(14)18-2/h3-4,7-8,13H,5-6,9-12,17H2,1-2H3. The molecule has 0 radical (unpaired) electrons. The maximum Gasteiger partial charge on any atom is 0.122 e. The lowest BCUT2D eigenvalue weighted by molar-refractivity contribution is 0.351. The van der Waals surface area contributed by atoms with Crippen LogP contribution in [0.5, 0.6) is 5.75 Å². The minimum atomic E-state index is -0.0423. The highest BCUT2D eigenvalue weighted by Crippen LogP contribution is 2.33. The van der Waals surface area contributed by atoms with E-state index in [1.54, 1.807) is 7.11 Å². The Labute approximate surface area is 111 Å². The molecule has 1 aromatic rings. The fraction of sp³-hybridized carbons (Fsp3) is 0.625. The summed E-state index contributed by atoms with van der Waals surface area (Å²) in [4.78, 5) is 0. The number of hydrogen-bond acceptors (Lipinski definition) is 2. The van der Waals surface area contributed by atoms with E-state index in [1.165, 1.54) is 24.8 Å². The van der Waals surface area contributed by atoms with Crippen LogP contribution in [0, 0.1) is 5.92 Å². The van der Waals surface area contributed by atoms with Crippen LogP contribution in [0.1, 0.15) is 44.6 Å². The van der Waals surface area contributed by atoms with Crippen molar-refractivity contribution >= 4 is 0 Å². The van der Waals surface area contributed by atoms with E-state index in [2.05, 4.69) is 19.1 Å². The van der Waals surface area contributed by atoms with E-state index in [0.29, 0.717) is 0 Å². The third kappa shape index (κ3) is 3.26. The molecule has 0 saturated heterocycles. The Bertz CT molecular complexity index is 390. The summed E-state index contributed by atoms with van der Waals surface area (Å²) in [6, 6.07) is 8.25. The first-order chi connectivity index (χ1) is 8.63. The molecule has 2 unspecified atom stereocenters. The molecule has 2 rings (SSSR count). The molecular formula is C16H25NO. The number of ether oxygens (including phenoxy) is 1. The van der Waals surface area contributed by atoms with Crippen LogP contribution < -0.4 is 10.5 Å². The molecule has 2 N–H and O–H groups in total. The van der Waals surface area contributed by atoms with Gasteiger partial charge in [0.15, 0.2) is 0 Å². The topological polar surface area (TPSA) is 35.2 Å². The van der Waals surface area contributed by atoms with Crippen LogP contribution in [0.25, 0.3) is 0 Å². The maximum atomic E-state index is 6.62. The van der Waals surface area contributed by atoms with Gasteiger partial charge < -0.3 is 10.5 Å². The maximum absolute atomic E-state index is 6.62. The summed E-state index contributed by atoms with van der Waals surface area (Å²) in [6.07, 6.45) is 7.04. The van der Waals surface area contributed by atoms with Gasteiger partial charge in [-0.25, -0.2) is 0 Å². The minimum absolute atomic E-state index is 0.0423. The Hall–Kier alpha value is -1.02. The highest BCUT2D eigenvalue weighted by atomic mass is 16.5. The molecule has 0 heterocycles. The van der Waals surface area contributed by atoms with E-state index >= 15 is 0 Å². The highest BCUT2D eigenvalue weighted by molar-refractivity contribution is 5.34. The third-order valence-electron chi connectivity index (χ3n) is 4.24. The van der Waals surface area contributed by atoms with Crippen molar-refractivity contribution in [2.24, 2.45) is 11.7 Å². The summed E-state index contributed by atoms with van der Waals surface area (Å²) in [5.74, 6) is 1.80. The lowest BCUT2D eigenvalue weighted by atomic mass is 9.84. The monoisotopic (exact) mass is 247 g/mol. The van der Waals surface area contributed by atoms with Gasteiger partial charge in [-0.1, -0.05) is 38.0 Å². The normalized spacial score (nSPS) is 28.7. The van der Waals surface area contributed by atoms with Crippen LogP contribution in [0.2, 0.25) is 0 Å². The van der Waals surface area contributed by atoms with Crippen LogP contribution in [-0.2, 0) is 6.42 Å². The molecule has 1 aromatic carbocycles. The summed E-state index contributed by atoms with van der Waals surface area (Å²) < 4.78 is 5.43. The van der Waals surface area contributed by atoms with E-state index in [1.807, 2.05) is 12.1 Å². The van der Waals surface area contributed by atoms with E-state index in [9.17, 15) is 0 Å². The molecule has 1 aliphatic rings. The SMILES string of the molecule is COc1ccccc1CC1(N)CCCC(C)CC1. The van der Waals surface area contributed by atoms with Crippen molar-refractivity contribution < 1.29 is 4.74 Å². The molecule has 18 heavy (non-hydrogen) atoms. The lowest BCUT2D eigenvalue weighted by Crippen LogP contribution is -2.41. The van der Waals surface area contributed by atoms with Crippen molar-refractivity contribution in [2.75, 3.05) is 7.11 Å². The van der Waals surface area contributed by atoms with Gasteiger partial charge in [0.1, 0.15) is 5.75 Å². The van der Waals surface area contributed by atoms with E-state index in [4.69, 9.17) is 10.5 Å². The largest absolute Gasteiger partial charge is 0.496 e. The number of methoxy groups -OCH3 is 1. The van der Waals surface area contributed by atoms with Crippen molar-refractivity contribution in [1.82, 2.24) is 0 Å². The number of para-hydroxylation sites is 1. The van der Waals surface area contributed by atoms with Crippen molar-refractivity contribution in [1.29, 1.82) is 0 Å². The summed E-state index contributed by atoms with van der Waals surface area (Å²) in [7, 11) is 1.73. The number of rotatable bonds is 3. The van der Waals surface area contributed by atoms with Gasteiger partial charge in [0.25, 0.3) is 0 Å². The van der Waals surface area contributed by atoms with Gasteiger partial charge in [-0.3, -0.25) is 0 Å². The third-order valence-corrected chi connectivity index (χ3v) is 4.24. The first kappa shape index (κ1) is 13.4. The predicted molar refractivity (Wildman–Crippen MR) is 75.9 cm³/mol. The Kier molecular flexibility index (Phi) is 4.28. The minimum Gasteiger partial charge on any atom is -0.496 e. The number of hydrogen-bond donors (Lipinski definition) is 1. The molecule has 0 aliphatic heterocycles. The molecular weight excluding hydrogens is 222 g/mol.